The fourth-order valence-corrected chi connectivity index (χ4v) is 0.557. The van der Waals surface area contributed by atoms with Crippen LogP contribution < -0.4 is 0 Å². The molecule has 7 heavy (non-hydrogen) atoms. The molecule has 0 aliphatic heterocycles. The summed E-state index contributed by atoms with van der Waals surface area (Å²) < 4.78 is 0.0642. The van der Waals surface area contributed by atoms with E-state index in [9.17, 15) is 0 Å². The highest BCUT2D eigenvalue weighted by molar-refractivity contribution is 7.82. The lowest BCUT2D eigenvalue weighted by Gasteiger charge is -2.08. The second-order valence-electron chi connectivity index (χ2n) is 2.15. The standard InChI is InChI=1S/C6H12S/c1-4-5-6(2,3)7/h4-5,7H,1-3H3/b5-4+. The lowest BCUT2D eigenvalue weighted by Crippen LogP contribution is -2.03. The van der Waals surface area contributed by atoms with Gasteiger partial charge in [0.25, 0.3) is 0 Å². The van der Waals surface area contributed by atoms with Gasteiger partial charge < -0.3 is 0 Å². The van der Waals surface area contributed by atoms with Crippen LogP contribution in [0.15, 0.2) is 12.2 Å². The molecule has 0 unspecified atom stereocenters. The molecule has 0 heterocycles. The topological polar surface area (TPSA) is 0 Å². The van der Waals surface area contributed by atoms with Crippen molar-refractivity contribution in [1.82, 2.24) is 0 Å². The Morgan fingerprint density at radius 1 is 1.43 bits per heavy atom. The van der Waals surface area contributed by atoms with Crippen LogP contribution in [0.5, 0.6) is 0 Å². The summed E-state index contributed by atoms with van der Waals surface area (Å²) in [7, 11) is 0. The Hall–Kier alpha value is 0.0900. The molecule has 0 atom stereocenters. The second-order valence-corrected chi connectivity index (χ2v) is 3.31. The second kappa shape index (κ2) is 2.41. The molecule has 0 fully saturated rings. The molecule has 42 valence electrons. The van der Waals surface area contributed by atoms with Gasteiger partial charge in [-0.25, -0.2) is 0 Å². The van der Waals surface area contributed by atoms with Gasteiger partial charge in [0.05, 0.1) is 0 Å². The van der Waals surface area contributed by atoms with Gasteiger partial charge in [-0.15, -0.1) is 0 Å². The molecule has 0 aliphatic carbocycles. The van der Waals surface area contributed by atoms with Gasteiger partial charge >= 0.3 is 0 Å². The molecule has 0 aliphatic rings. The van der Waals surface area contributed by atoms with Gasteiger partial charge in [0, 0.05) is 4.75 Å². The van der Waals surface area contributed by atoms with Crippen LogP contribution in [0.4, 0.5) is 0 Å². The minimum atomic E-state index is 0.0642. The highest BCUT2D eigenvalue weighted by Crippen LogP contribution is 2.12. The van der Waals surface area contributed by atoms with Crippen molar-refractivity contribution in [3.8, 4) is 0 Å². The Balaban J connectivity index is 3.56. The van der Waals surface area contributed by atoms with Crippen LogP contribution in [0.2, 0.25) is 0 Å². The van der Waals surface area contributed by atoms with Crippen LogP contribution in [0.25, 0.3) is 0 Å². The summed E-state index contributed by atoms with van der Waals surface area (Å²) in [5, 5.41) is 0. The van der Waals surface area contributed by atoms with Gasteiger partial charge in [0.1, 0.15) is 0 Å². The van der Waals surface area contributed by atoms with Gasteiger partial charge in [0.15, 0.2) is 0 Å². The van der Waals surface area contributed by atoms with E-state index in [1.807, 2.05) is 13.0 Å². The fraction of sp³-hybridized carbons (Fsp3) is 0.667. The first-order valence-corrected chi connectivity index (χ1v) is 2.87. The number of thiol groups is 1. The normalized spacial score (nSPS) is 13.1. The van der Waals surface area contributed by atoms with Crippen molar-refractivity contribution >= 4 is 12.6 Å². The molecular weight excluding hydrogens is 104 g/mol. The molecule has 0 saturated carbocycles. The van der Waals surface area contributed by atoms with Crippen LogP contribution >= 0.6 is 12.6 Å². The van der Waals surface area contributed by atoms with Crippen molar-refractivity contribution in [2.45, 2.75) is 25.5 Å². The van der Waals surface area contributed by atoms with Gasteiger partial charge in [-0.05, 0) is 20.8 Å². The van der Waals surface area contributed by atoms with Gasteiger partial charge in [-0.3, -0.25) is 0 Å². The lowest BCUT2D eigenvalue weighted by molar-refractivity contribution is 0.906. The van der Waals surface area contributed by atoms with Crippen molar-refractivity contribution in [2.75, 3.05) is 0 Å². The first-order chi connectivity index (χ1) is 3.06. The van der Waals surface area contributed by atoms with Gasteiger partial charge in [-0.1, -0.05) is 12.2 Å². The van der Waals surface area contributed by atoms with E-state index in [0.29, 0.717) is 0 Å². The molecule has 0 nitrogen and oxygen atoms in total. The van der Waals surface area contributed by atoms with Gasteiger partial charge in [0.2, 0.25) is 0 Å². The molecule has 0 bridgehead atoms. The SMILES string of the molecule is C/C=C/C(C)(C)S. The molecule has 0 rings (SSSR count). The van der Waals surface area contributed by atoms with Gasteiger partial charge in [-0.2, -0.15) is 12.6 Å². The summed E-state index contributed by atoms with van der Waals surface area (Å²) in [4.78, 5) is 0. The van der Waals surface area contributed by atoms with Crippen molar-refractivity contribution in [3.63, 3.8) is 0 Å². The molecule has 0 spiro atoms. The molecule has 0 saturated heterocycles. The third-order valence-corrected chi connectivity index (χ3v) is 0.724. The fourth-order valence-electron chi connectivity index (χ4n) is 0.408. The first kappa shape index (κ1) is 7.09. The summed E-state index contributed by atoms with van der Waals surface area (Å²) in [5.74, 6) is 0. The predicted molar refractivity (Wildman–Crippen MR) is 37.9 cm³/mol. The third kappa shape index (κ3) is 6.09. The average Bonchev–Trinajstić information content (AvgIpc) is 1.30. The van der Waals surface area contributed by atoms with E-state index >= 15 is 0 Å². The van der Waals surface area contributed by atoms with E-state index < -0.39 is 0 Å². The quantitative estimate of drug-likeness (QED) is 0.394. The van der Waals surface area contributed by atoms with E-state index in [2.05, 4.69) is 32.6 Å². The smallest absolute Gasteiger partial charge is 0.0252 e. The molecule has 0 aromatic heterocycles. The maximum Gasteiger partial charge on any atom is 0.0252 e. The summed E-state index contributed by atoms with van der Waals surface area (Å²) in [6.45, 7) is 6.10. The third-order valence-electron chi connectivity index (χ3n) is 0.575. The van der Waals surface area contributed by atoms with E-state index in [1.54, 1.807) is 0 Å². The predicted octanol–water partition coefficient (Wildman–Crippen LogP) is 2.27. The molecule has 0 N–H and O–H groups in total. The maximum absolute atomic E-state index is 4.25. The van der Waals surface area contributed by atoms with Crippen LogP contribution in [-0.4, -0.2) is 4.75 Å². The molecular formula is C6H12S. The Bertz CT molecular complexity index is 66.7. The van der Waals surface area contributed by atoms with Crippen LogP contribution in [-0.2, 0) is 0 Å². The minimum Gasteiger partial charge on any atom is -0.169 e. The summed E-state index contributed by atoms with van der Waals surface area (Å²) >= 11 is 4.25. The van der Waals surface area contributed by atoms with Crippen LogP contribution in [0, 0.1) is 0 Å². The van der Waals surface area contributed by atoms with Crippen molar-refractivity contribution in [2.24, 2.45) is 0 Å². The molecule has 0 aromatic carbocycles. The highest BCUT2D eigenvalue weighted by Gasteiger charge is 2.02. The number of rotatable bonds is 1. The molecule has 1 heteroatoms. The van der Waals surface area contributed by atoms with Crippen molar-refractivity contribution in [1.29, 1.82) is 0 Å². The Morgan fingerprint density at radius 2 is 1.86 bits per heavy atom. The van der Waals surface area contributed by atoms with Crippen molar-refractivity contribution < 1.29 is 0 Å². The summed E-state index contributed by atoms with van der Waals surface area (Å²) in [6, 6.07) is 0. The number of hydrogen-bond acceptors (Lipinski definition) is 1. The number of hydrogen-bond donors (Lipinski definition) is 1. The first-order valence-electron chi connectivity index (χ1n) is 2.42. The number of allylic oxidation sites excluding steroid dienone is 1. The molecule has 0 aromatic rings. The van der Waals surface area contributed by atoms with E-state index in [4.69, 9.17) is 0 Å². The van der Waals surface area contributed by atoms with E-state index in [-0.39, 0.29) is 4.75 Å². The molecule has 0 radical (unpaired) electrons. The zero-order valence-corrected chi connectivity index (χ0v) is 6.00. The summed E-state index contributed by atoms with van der Waals surface area (Å²) in [5.41, 5.74) is 0. The Labute approximate surface area is 51.0 Å². The average molecular weight is 116 g/mol. The lowest BCUT2D eigenvalue weighted by atomic mass is 10.2. The minimum absolute atomic E-state index is 0.0642. The van der Waals surface area contributed by atoms with E-state index in [0.717, 1.165) is 0 Å². The van der Waals surface area contributed by atoms with E-state index in [1.165, 1.54) is 0 Å². The maximum atomic E-state index is 4.25. The zero-order valence-electron chi connectivity index (χ0n) is 5.10. The zero-order chi connectivity index (χ0) is 5.91. The van der Waals surface area contributed by atoms with Crippen molar-refractivity contribution in [3.05, 3.63) is 12.2 Å². The Morgan fingerprint density at radius 3 is 1.86 bits per heavy atom. The largest absolute Gasteiger partial charge is 0.169 e. The monoisotopic (exact) mass is 116 g/mol. The summed E-state index contributed by atoms with van der Waals surface area (Å²) in [6.07, 6.45) is 4.06. The highest BCUT2D eigenvalue weighted by atomic mass is 32.1. The molecule has 0 amide bonds. The Kier molecular flexibility index (Phi) is 2.44. The van der Waals surface area contributed by atoms with Crippen LogP contribution in [0.3, 0.4) is 0 Å². The van der Waals surface area contributed by atoms with Crippen LogP contribution in [0.1, 0.15) is 20.8 Å².